The van der Waals surface area contributed by atoms with E-state index in [1.54, 1.807) is 0 Å². The van der Waals surface area contributed by atoms with Crippen LogP contribution in [0.5, 0.6) is 0 Å². The van der Waals surface area contributed by atoms with Crippen molar-refractivity contribution in [2.24, 2.45) is 17.1 Å². The molecule has 1 aromatic rings. The summed E-state index contributed by atoms with van der Waals surface area (Å²) < 4.78 is 0. The second kappa shape index (κ2) is 7.09. The van der Waals surface area contributed by atoms with Crippen molar-refractivity contribution < 1.29 is 4.79 Å². The van der Waals surface area contributed by atoms with Crippen molar-refractivity contribution in [1.82, 2.24) is 5.32 Å². The summed E-state index contributed by atoms with van der Waals surface area (Å²) in [6.07, 6.45) is 0.780. The van der Waals surface area contributed by atoms with Crippen molar-refractivity contribution in [3.05, 3.63) is 34.9 Å². The molecule has 0 aliphatic carbocycles. The first kappa shape index (κ1) is 17.0. The van der Waals surface area contributed by atoms with Crippen LogP contribution in [0.1, 0.15) is 45.7 Å². The average Bonchev–Trinajstić information content (AvgIpc) is 2.35. The Hall–Kier alpha value is -1.06. The van der Waals surface area contributed by atoms with Crippen molar-refractivity contribution >= 4 is 17.5 Å². The molecule has 0 fully saturated rings. The minimum absolute atomic E-state index is 0.0184. The molecule has 3 nitrogen and oxygen atoms in total. The zero-order chi connectivity index (χ0) is 15.3. The normalized spacial score (nSPS) is 14.7. The lowest BCUT2D eigenvalue weighted by atomic mass is 9.84. The fourth-order valence-corrected chi connectivity index (χ4v) is 2.31. The average molecular weight is 297 g/mol. The molecule has 3 N–H and O–H groups in total. The number of benzene rings is 1. The van der Waals surface area contributed by atoms with Gasteiger partial charge in [0.1, 0.15) is 0 Å². The van der Waals surface area contributed by atoms with E-state index in [0.717, 1.165) is 12.0 Å². The van der Waals surface area contributed by atoms with Crippen LogP contribution in [0.15, 0.2) is 24.3 Å². The predicted molar refractivity (Wildman–Crippen MR) is 84.6 cm³/mol. The molecule has 0 aromatic heterocycles. The van der Waals surface area contributed by atoms with Crippen LogP contribution in [0.25, 0.3) is 0 Å². The lowest BCUT2D eigenvalue weighted by Crippen LogP contribution is -2.38. The molecule has 1 rings (SSSR count). The molecule has 0 spiro atoms. The molecule has 0 heterocycles. The number of halogens is 1. The van der Waals surface area contributed by atoms with E-state index in [1.165, 1.54) is 0 Å². The van der Waals surface area contributed by atoms with Gasteiger partial charge in [-0.25, -0.2) is 0 Å². The van der Waals surface area contributed by atoms with Gasteiger partial charge in [-0.05, 0) is 36.5 Å². The number of nitrogens with two attached hydrogens (primary N) is 1. The summed E-state index contributed by atoms with van der Waals surface area (Å²) >= 11 is 5.86. The van der Waals surface area contributed by atoms with Crippen LogP contribution < -0.4 is 11.1 Å². The van der Waals surface area contributed by atoms with Crippen molar-refractivity contribution in [2.45, 2.75) is 40.2 Å². The van der Waals surface area contributed by atoms with Crippen LogP contribution in [0.3, 0.4) is 0 Å². The van der Waals surface area contributed by atoms with Gasteiger partial charge in [0.2, 0.25) is 5.91 Å². The van der Waals surface area contributed by atoms with E-state index in [2.05, 4.69) is 26.1 Å². The molecule has 112 valence electrons. The first-order valence-corrected chi connectivity index (χ1v) is 7.36. The van der Waals surface area contributed by atoms with E-state index in [0.29, 0.717) is 11.6 Å². The molecular weight excluding hydrogens is 272 g/mol. The molecule has 0 radical (unpaired) electrons. The summed E-state index contributed by atoms with van der Waals surface area (Å²) in [4.78, 5) is 12.3. The van der Waals surface area contributed by atoms with Crippen molar-refractivity contribution in [3.63, 3.8) is 0 Å². The molecule has 1 unspecified atom stereocenters. The number of amides is 1. The van der Waals surface area contributed by atoms with Gasteiger partial charge in [-0.1, -0.05) is 44.5 Å². The van der Waals surface area contributed by atoms with Crippen molar-refractivity contribution in [2.75, 3.05) is 6.54 Å². The number of hydrogen-bond donors (Lipinski definition) is 2. The molecule has 0 saturated heterocycles. The molecule has 0 aliphatic heterocycles. The van der Waals surface area contributed by atoms with Gasteiger partial charge in [0.15, 0.2) is 0 Å². The Bertz CT molecular complexity index is 437. The van der Waals surface area contributed by atoms with E-state index in [1.807, 2.05) is 31.2 Å². The van der Waals surface area contributed by atoms with E-state index in [9.17, 15) is 4.79 Å². The largest absolute Gasteiger partial charge is 0.349 e. The maximum Gasteiger partial charge on any atom is 0.224 e. The van der Waals surface area contributed by atoms with Crippen LogP contribution in [0.2, 0.25) is 5.02 Å². The third-order valence-corrected chi connectivity index (χ3v) is 3.49. The van der Waals surface area contributed by atoms with Crippen molar-refractivity contribution in [1.29, 1.82) is 0 Å². The van der Waals surface area contributed by atoms with E-state index in [4.69, 9.17) is 17.3 Å². The van der Waals surface area contributed by atoms with Gasteiger partial charge < -0.3 is 11.1 Å². The Morgan fingerprint density at radius 3 is 2.30 bits per heavy atom. The van der Waals surface area contributed by atoms with Crippen molar-refractivity contribution in [3.8, 4) is 0 Å². The van der Waals surface area contributed by atoms with Gasteiger partial charge in [0.25, 0.3) is 0 Å². The highest BCUT2D eigenvalue weighted by molar-refractivity contribution is 6.30. The summed E-state index contributed by atoms with van der Waals surface area (Å²) in [5.74, 6) is -0.130. The third-order valence-electron chi connectivity index (χ3n) is 3.24. The minimum atomic E-state index is -0.148. The Morgan fingerprint density at radius 2 is 1.85 bits per heavy atom. The fourth-order valence-electron chi connectivity index (χ4n) is 2.19. The summed E-state index contributed by atoms with van der Waals surface area (Å²) in [6, 6.07) is 7.46. The molecule has 1 amide bonds. The zero-order valence-electron chi connectivity index (χ0n) is 12.7. The number of carbonyl (C=O) groups excluding carboxylic acids is 1. The van der Waals surface area contributed by atoms with E-state index < -0.39 is 0 Å². The second-order valence-corrected chi connectivity index (χ2v) is 6.92. The van der Waals surface area contributed by atoms with Gasteiger partial charge in [-0.2, -0.15) is 0 Å². The van der Waals surface area contributed by atoms with Gasteiger partial charge >= 0.3 is 0 Å². The number of rotatable bonds is 5. The van der Waals surface area contributed by atoms with E-state index >= 15 is 0 Å². The van der Waals surface area contributed by atoms with Crippen LogP contribution in [0, 0.1) is 11.3 Å². The summed E-state index contributed by atoms with van der Waals surface area (Å²) in [7, 11) is 0. The molecule has 0 aliphatic rings. The third kappa shape index (κ3) is 5.51. The SMILES string of the molecule is C[C@@H](NC(=O)C(CN)CC(C)(C)C)c1ccc(Cl)cc1. The lowest BCUT2D eigenvalue weighted by Gasteiger charge is -2.26. The summed E-state index contributed by atoms with van der Waals surface area (Å²) in [6.45, 7) is 8.69. The second-order valence-electron chi connectivity index (χ2n) is 6.48. The van der Waals surface area contributed by atoms with Gasteiger partial charge in [-0.15, -0.1) is 0 Å². The first-order chi connectivity index (χ1) is 9.23. The fraction of sp³-hybridized carbons (Fsp3) is 0.562. The van der Waals surface area contributed by atoms with Crippen LogP contribution >= 0.6 is 11.6 Å². The summed E-state index contributed by atoms with van der Waals surface area (Å²) in [5, 5.41) is 3.72. The van der Waals surface area contributed by atoms with Gasteiger partial charge in [0, 0.05) is 11.6 Å². The molecular formula is C16H25ClN2O. The summed E-state index contributed by atoms with van der Waals surface area (Å²) in [5.41, 5.74) is 6.86. The molecule has 4 heteroatoms. The number of nitrogens with one attached hydrogen (secondary N) is 1. The molecule has 1 aromatic carbocycles. The predicted octanol–water partition coefficient (Wildman–Crippen LogP) is 3.53. The first-order valence-electron chi connectivity index (χ1n) is 6.99. The topological polar surface area (TPSA) is 55.1 Å². The highest BCUT2D eigenvalue weighted by Gasteiger charge is 2.24. The molecule has 0 saturated carbocycles. The van der Waals surface area contributed by atoms with E-state index in [-0.39, 0.29) is 23.3 Å². The maximum atomic E-state index is 12.3. The van der Waals surface area contributed by atoms with Gasteiger partial charge in [0.05, 0.1) is 12.0 Å². The Kier molecular flexibility index (Phi) is 6.03. The molecule has 2 atom stereocenters. The van der Waals surface area contributed by atoms with Crippen LogP contribution in [0.4, 0.5) is 0 Å². The Morgan fingerprint density at radius 1 is 1.30 bits per heavy atom. The Balaban J connectivity index is 2.66. The number of carbonyl (C=O) groups is 1. The number of hydrogen-bond acceptors (Lipinski definition) is 2. The highest BCUT2D eigenvalue weighted by atomic mass is 35.5. The monoisotopic (exact) mass is 296 g/mol. The van der Waals surface area contributed by atoms with Gasteiger partial charge in [-0.3, -0.25) is 4.79 Å². The smallest absolute Gasteiger partial charge is 0.224 e. The molecule has 0 bridgehead atoms. The molecule has 20 heavy (non-hydrogen) atoms. The quantitative estimate of drug-likeness (QED) is 0.873. The van der Waals surface area contributed by atoms with Crippen LogP contribution in [-0.4, -0.2) is 12.5 Å². The lowest BCUT2D eigenvalue weighted by molar-refractivity contribution is -0.126. The zero-order valence-corrected chi connectivity index (χ0v) is 13.5. The van der Waals surface area contributed by atoms with Crippen LogP contribution in [-0.2, 0) is 4.79 Å². The maximum absolute atomic E-state index is 12.3. The Labute approximate surface area is 126 Å². The minimum Gasteiger partial charge on any atom is -0.349 e. The standard InChI is InChI=1S/C16H25ClN2O/c1-11(12-5-7-14(17)8-6-12)19-15(20)13(10-18)9-16(2,3)4/h5-8,11,13H,9-10,18H2,1-4H3,(H,19,20)/t11-,13?/m1/s1. The highest BCUT2D eigenvalue weighted by Crippen LogP contribution is 2.25.